The molecular weight excluding hydrogens is 300 g/mol. The Balaban J connectivity index is 2.27. The summed E-state index contributed by atoms with van der Waals surface area (Å²) in [5.74, 6) is -1.27. The van der Waals surface area contributed by atoms with E-state index in [0.29, 0.717) is 15.5 Å². The molecule has 0 aliphatic heterocycles. The average Bonchev–Trinajstić information content (AvgIpc) is 2.99. The number of hydrogen-bond donors (Lipinski definition) is 0. The Kier molecular flexibility index (Phi) is 4.76. The van der Waals surface area contributed by atoms with Gasteiger partial charge < -0.3 is 9.47 Å². The van der Waals surface area contributed by atoms with Crippen molar-refractivity contribution < 1.29 is 19.1 Å². The zero-order chi connectivity index (χ0) is 14.5. The maximum absolute atomic E-state index is 12.0. The van der Waals surface area contributed by atoms with Gasteiger partial charge in [-0.25, -0.2) is 9.59 Å². The molecule has 0 amide bonds. The Hall–Kier alpha value is -1.85. The van der Waals surface area contributed by atoms with Gasteiger partial charge in [-0.3, -0.25) is 0 Å². The minimum atomic E-state index is -1.18. The van der Waals surface area contributed by atoms with Crippen LogP contribution in [0.1, 0.15) is 21.3 Å². The van der Waals surface area contributed by atoms with Crippen LogP contribution in [0.15, 0.2) is 41.8 Å². The molecule has 1 atom stereocenters. The number of rotatable bonds is 4. The number of carbonyl (C=O) groups is 2. The van der Waals surface area contributed by atoms with E-state index in [9.17, 15) is 9.59 Å². The predicted octanol–water partition coefficient (Wildman–Crippen LogP) is 3.47. The van der Waals surface area contributed by atoms with Crippen LogP contribution in [0.25, 0.3) is 0 Å². The van der Waals surface area contributed by atoms with Crippen LogP contribution in [0.3, 0.4) is 0 Å². The van der Waals surface area contributed by atoms with Gasteiger partial charge in [-0.05, 0) is 17.5 Å². The van der Waals surface area contributed by atoms with Gasteiger partial charge in [0.2, 0.25) is 6.10 Å². The summed E-state index contributed by atoms with van der Waals surface area (Å²) in [6, 6.07) is 10.0. The first kappa shape index (κ1) is 14.6. The van der Waals surface area contributed by atoms with E-state index in [1.807, 2.05) is 0 Å². The summed E-state index contributed by atoms with van der Waals surface area (Å²) in [4.78, 5) is 24.2. The predicted molar refractivity (Wildman–Crippen MR) is 75.9 cm³/mol. The van der Waals surface area contributed by atoms with Crippen molar-refractivity contribution >= 4 is 34.9 Å². The minimum absolute atomic E-state index is 0.335. The van der Waals surface area contributed by atoms with Gasteiger partial charge in [-0.2, -0.15) is 0 Å². The van der Waals surface area contributed by atoms with E-state index in [1.165, 1.54) is 18.4 Å². The lowest BCUT2D eigenvalue weighted by Gasteiger charge is -2.16. The van der Waals surface area contributed by atoms with E-state index in [2.05, 4.69) is 4.74 Å². The molecule has 0 saturated carbocycles. The Labute approximate surface area is 124 Å². The third-order valence-electron chi connectivity index (χ3n) is 2.55. The molecule has 0 aliphatic rings. The van der Waals surface area contributed by atoms with Crippen molar-refractivity contribution in [2.75, 3.05) is 7.11 Å². The van der Waals surface area contributed by atoms with Gasteiger partial charge in [0.15, 0.2) is 0 Å². The summed E-state index contributed by atoms with van der Waals surface area (Å²) in [5.41, 5.74) is 0.394. The number of methoxy groups -OCH3 is 1. The number of thiophene rings is 1. The van der Waals surface area contributed by atoms with Crippen molar-refractivity contribution in [3.8, 4) is 0 Å². The molecule has 0 fully saturated rings. The van der Waals surface area contributed by atoms with Gasteiger partial charge >= 0.3 is 11.9 Å². The molecule has 0 N–H and O–H groups in total. The van der Waals surface area contributed by atoms with Crippen molar-refractivity contribution in [2.24, 2.45) is 0 Å². The molecule has 6 heteroatoms. The Bertz CT molecular complexity index is 609. The monoisotopic (exact) mass is 310 g/mol. The summed E-state index contributed by atoms with van der Waals surface area (Å²) in [7, 11) is 1.23. The third kappa shape index (κ3) is 3.18. The molecule has 2 rings (SSSR count). The SMILES string of the molecule is COC(=O)C(OC(=O)c1cccs1)c1ccccc1Cl. The van der Waals surface area contributed by atoms with Crippen LogP contribution in [-0.4, -0.2) is 19.0 Å². The maximum Gasteiger partial charge on any atom is 0.352 e. The van der Waals surface area contributed by atoms with E-state index in [1.54, 1.807) is 41.8 Å². The average molecular weight is 311 g/mol. The molecule has 1 unspecified atom stereocenters. The topological polar surface area (TPSA) is 52.6 Å². The van der Waals surface area contributed by atoms with Crippen LogP contribution in [-0.2, 0) is 14.3 Å². The second kappa shape index (κ2) is 6.54. The third-order valence-corrected chi connectivity index (χ3v) is 3.74. The Morgan fingerprint density at radius 1 is 1.20 bits per heavy atom. The van der Waals surface area contributed by atoms with Crippen molar-refractivity contribution in [3.63, 3.8) is 0 Å². The lowest BCUT2D eigenvalue weighted by atomic mass is 10.1. The molecule has 20 heavy (non-hydrogen) atoms. The molecule has 1 aromatic heterocycles. The van der Waals surface area contributed by atoms with Crippen molar-refractivity contribution in [2.45, 2.75) is 6.10 Å². The summed E-state index contributed by atoms with van der Waals surface area (Å²) >= 11 is 7.26. The van der Waals surface area contributed by atoms with Crippen LogP contribution >= 0.6 is 22.9 Å². The van der Waals surface area contributed by atoms with Gasteiger partial charge in [0.05, 0.1) is 7.11 Å². The lowest BCUT2D eigenvalue weighted by Crippen LogP contribution is -2.21. The van der Waals surface area contributed by atoms with Crippen LogP contribution < -0.4 is 0 Å². The van der Waals surface area contributed by atoms with E-state index in [-0.39, 0.29) is 0 Å². The van der Waals surface area contributed by atoms with Crippen LogP contribution in [0.2, 0.25) is 5.02 Å². The number of carbonyl (C=O) groups excluding carboxylic acids is 2. The highest BCUT2D eigenvalue weighted by atomic mass is 35.5. The lowest BCUT2D eigenvalue weighted by molar-refractivity contribution is -0.151. The second-order valence-electron chi connectivity index (χ2n) is 3.81. The fraction of sp³-hybridized carbons (Fsp3) is 0.143. The number of hydrogen-bond acceptors (Lipinski definition) is 5. The van der Waals surface area contributed by atoms with Crippen molar-refractivity contribution in [1.82, 2.24) is 0 Å². The normalized spacial score (nSPS) is 11.7. The van der Waals surface area contributed by atoms with E-state index < -0.39 is 18.0 Å². The molecule has 104 valence electrons. The maximum atomic E-state index is 12.0. The molecule has 4 nitrogen and oxygen atoms in total. The molecular formula is C14H11ClO4S. The quantitative estimate of drug-likeness (QED) is 0.811. The zero-order valence-corrected chi connectivity index (χ0v) is 12.1. The van der Waals surface area contributed by atoms with Crippen LogP contribution in [0.4, 0.5) is 0 Å². The molecule has 0 aliphatic carbocycles. The smallest absolute Gasteiger partial charge is 0.352 e. The van der Waals surface area contributed by atoms with Gasteiger partial charge in [-0.1, -0.05) is 35.9 Å². The molecule has 1 aromatic carbocycles. The molecule has 0 saturated heterocycles. The molecule has 2 aromatic rings. The summed E-state index contributed by atoms with van der Waals surface area (Å²) in [6.07, 6.45) is -1.18. The number of esters is 2. The standard InChI is InChI=1S/C14H11ClO4S/c1-18-14(17)12(9-5-2-3-6-10(9)15)19-13(16)11-7-4-8-20-11/h2-8,12H,1H3. The second-order valence-corrected chi connectivity index (χ2v) is 5.16. The Morgan fingerprint density at radius 3 is 2.55 bits per heavy atom. The number of ether oxygens (including phenoxy) is 2. The first-order valence-corrected chi connectivity index (χ1v) is 6.96. The van der Waals surface area contributed by atoms with Crippen molar-refractivity contribution in [1.29, 1.82) is 0 Å². The van der Waals surface area contributed by atoms with Gasteiger partial charge in [0, 0.05) is 10.6 Å². The highest BCUT2D eigenvalue weighted by Crippen LogP contribution is 2.28. The van der Waals surface area contributed by atoms with Crippen LogP contribution in [0.5, 0.6) is 0 Å². The fourth-order valence-electron chi connectivity index (χ4n) is 1.59. The fourth-order valence-corrected chi connectivity index (χ4v) is 2.43. The number of benzene rings is 1. The van der Waals surface area contributed by atoms with E-state index in [4.69, 9.17) is 16.3 Å². The molecule has 1 heterocycles. The first-order valence-electron chi connectivity index (χ1n) is 5.70. The van der Waals surface area contributed by atoms with Gasteiger partial charge in [-0.15, -0.1) is 11.3 Å². The highest BCUT2D eigenvalue weighted by molar-refractivity contribution is 7.11. The highest BCUT2D eigenvalue weighted by Gasteiger charge is 2.28. The number of halogens is 1. The summed E-state index contributed by atoms with van der Waals surface area (Å²) in [5, 5.41) is 2.08. The van der Waals surface area contributed by atoms with E-state index >= 15 is 0 Å². The largest absolute Gasteiger partial charge is 0.466 e. The first-order chi connectivity index (χ1) is 9.63. The molecule has 0 bridgehead atoms. The van der Waals surface area contributed by atoms with Gasteiger partial charge in [0.25, 0.3) is 0 Å². The Morgan fingerprint density at radius 2 is 1.95 bits per heavy atom. The molecule has 0 spiro atoms. The summed E-state index contributed by atoms with van der Waals surface area (Å²) < 4.78 is 9.90. The van der Waals surface area contributed by atoms with Crippen LogP contribution in [0, 0.1) is 0 Å². The summed E-state index contributed by atoms with van der Waals surface area (Å²) in [6.45, 7) is 0. The van der Waals surface area contributed by atoms with E-state index in [0.717, 1.165) is 0 Å². The minimum Gasteiger partial charge on any atom is -0.466 e. The van der Waals surface area contributed by atoms with Gasteiger partial charge in [0.1, 0.15) is 4.88 Å². The molecule has 0 radical (unpaired) electrons. The zero-order valence-electron chi connectivity index (χ0n) is 10.5. The van der Waals surface area contributed by atoms with Crippen molar-refractivity contribution in [3.05, 3.63) is 57.2 Å².